The highest BCUT2D eigenvalue weighted by Gasteiger charge is 2.18. The number of rotatable bonds is 5. The first-order valence-corrected chi connectivity index (χ1v) is 6.21. The maximum Gasteiger partial charge on any atom is 0.229 e. The maximum atomic E-state index is 12.2. The van der Waals surface area contributed by atoms with Gasteiger partial charge >= 0.3 is 0 Å². The van der Waals surface area contributed by atoms with E-state index in [1.54, 1.807) is 6.20 Å². The average molecular weight is 258 g/mol. The van der Waals surface area contributed by atoms with Crippen molar-refractivity contribution in [2.45, 2.75) is 12.5 Å². The number of amides is 1. The van der Waals surface area contributed by atoms with E-state index in [0.29, 0.717) is 6.54 Å². The summed E-state index contributed by atoms with van der Waals surface area (Å²) in [5.74, 6) is 0.426. The summed E-state index contributed by atoms with van der Waals surface area (Å²) in [5, 5.41) is 2.87. The molecule has 1 aromatic heterocycles. The zero-order chi connectivity index (χ0) is 13.7. The van der Waals surface area contributed by atoms with E-state index in [4.69, 9.17) is 5.73 Å². The predicted octanol–water partition coefficient (Wildman–Crippen LogP) is 0.779. The van der Waals surface area contributed by atoms with E-state index < -0.39 is 0 Å². The van der Waals surface area contributed by atoms with Gasteiger partial charge in [0.05, 0.1) is 12.5 Å². The van der Waals surface area contributed by atoms with Crippen LogP contribution in [0.2, 0.25) is 0 Å². The number of benzene rings is 1. The summed E-state index contributed by atoms with van der Waals surface area (Å²) in [6, 6.07) is 9.56. The van der Waals surface area contributed by atoms with Crippen LogP contribution in [0.25, 0.3) is 0 Å². The Bertz CT molecular complexity index is 535. The summed E-state index contributed by atoms with van der Waals surface area (Å²) in [6.07, 6.45) is 3.55. The van der Waals surface area contributed by atoms with Crippen molar-refractivity contribution < 1.29 is 4.79 Å². The smallest absolute Gasteiger partial charge is 0.229 e. The molecule has 2 aromatic rings. The summed E-state index contributed by atoms with van der Waals surface area (Å²) in [6.45, 7) is 0.697. The Labute approximate surface area is 112 Å². The molecule has 2 rings (SSSR count). The first-order chi connectivity index (χ1) is 9.22. The molecule has 1 aromatic carbocycles. The van der Waals surface area contributed by atoms with Gasteiger partial charge in [-0.3, -0.25) is 4.79 Å². The first kappa shape index (κ1) is 13.3. The lowest BCUT2D eigenvalue weighted by atomic mass is 9.98. The molecule has 5 heteroatoms. The number of hydrogen-bond acceptors (Lipinski definition) is 3. The fraction of sp³-hybridized carbons (Fsp3) is 0.286. The van der Waals surface area contributed by atoms with Crippen LogP contribution in [0.4, 0.5) is 0 Å². The quantitative estimate of drug-likeness (QED) is 0.832. The highest BCUT2D eigenvalue weighted by Crippen LogP contribution is 2.14. The molecule has 0 aliphatic heterocycles. The summed E-state index contributed by atoms with van der Waals surface area (Å²) in [7, 11) is 1.89. The number of nitrogens with zero attached hydrogens (tertiary/aromatic N) is 2. The van der Waals surface area contributed by atoms with Gasteiger partial charge in [0.15, 0.2) is 0 Å². The van der Waals surface area contributed by atoms with Crippen molar-refractivity contribution in [3.8, 4) is 0 Å². The minimum atomic E-state index is -0.318. The van der Waals surface area contributed by atoms with E-state index in [1.807, 2.05) is 48.1 Å². The van der Waals surface area contributed by atoms with Gasteiger partial charge in [-0.1, -0.05) is 30.3 Å². The first-order valence-electron chi connectivity index (χ1n) is 6.21. The summed E-state index contributed by atoms with van der Waals surface area (Å²) in [4.78, 5) is 16.3. The van der Waals surface area contributed by atoms with Gasteiger partial charge in [0, 0.05) is 26.0 Å². The molecule has 0 saturated heterocycles. The normalized spacial score (nSPS) is 12.1. The molecule has 0 spiro atoms. The fourth-order valence-electron chi connectivity index (χ4n) is 1.94. The number of carbonyl (C=O) groups is 1. The molecule has 19 heavy (non-hydrogen) atoms. The predicted molar refractivity (Wildman–Crippen MR) is 73.3 cm³/mol. The van der Waals surface area contributed by atoms with Crippen LogP contribution in [0.3, 0.4) is 0 Å². The van der Waals surface area contributed by atoms with Crippen LogP contribution in [-0.4, -0.2) is 22.0 Å². The molecule has 0 fully saturated rings. The largest absolute Gasteiger partial charge is 0.348 e. The van der Waals surface area contributed by atoms with Gasteiger partial charge in [0.25, 0.3) is 0 Å². The minimum absolute atomic E-state index is 0.0725. The fourth-order valence-corrected chi connectivity index (χ4v) is 1.94. The van der Waals surface area contributed by atoms with Crippen LogP contribution in [0.1, 0.15) is 17.3 Å². The van der Waals surface area contributed by atoms with Crippen molar-refractivity contribution in [2.24, 2.45) is 12.8 Å². The van der Waals surface area contributed by atoms with Crippen LogP contribution in [-0.2, 0) is 18.4 Å². The molecule has 1 unspecified atom stereocenters. The van der Waals surface area contributed by atoms with Gasteiger partial charge in [-0.05, 0) is 5.56 Å². The second kappa shape index (κ2) is 6.15. The second-order valence-corrected chi connectivity index (χ2v) is 4.37. The molecule has 0 saturated carbocycles. The van der Waals surface area contributed by atoms with E-state index in [0.717, 1.165) is 11.4 Å². The van der Waals surface area contributed by atoms with Crippen molar-refractivity contribution in [1.29, 1.82) is 0 Å². The minimum Gasteiger partial charge on any atom is -0.348 e. The third kappa shape index (κ3) is 3.20. The zero-order valence-electron chi connectivity index (χ0n) is 10.9. The van der Waals surface area contributed by atoms with E-state index in [-0.39, 0.29) is 18.4 Å². The lowest BCUT2D eigenvalue weighted by Gasteiger charge is -2.15. The van der Waals surface area contributed by atoms with Crippen LogP contribution in [0.5, 0.6) is 0 Å². The standard InChI is InChI=1S/C14H18N4O/c1-18-8-7-16-13(18)10-17-14(19)12(9-15)11-5-3-2-4-6-11/h2-8,12H,9-10,15H2,1H3,(H,17,19). The van der Waals surface area contributed by atoms with Crippen LogP contribution >= 0.6 is 0 Å². The van der Waals surface area contributed by atoms with Crippen molar-refractivity contribution in [3.63, 3.8) is 0 Å². The summed E-state index contributed by atoms with van der Waals surface area (Å²) in [5.41, 5.74) is 6.64. The van der Waals surface area contributed by atoms with E-state index in [2.05, 4.69) is 10.3 Å². The summed E-state index contributed by atoms with van der Waals surface area (Å²) >= 11 is 0. The Balaban J connectivity index is 2.00. The Morgan fingerprint density at radius 2 is 2.16 bits per heavy atom. The van der Waals surface area contributed by atoms with Gasteiger partial charge in [0.1, 0.15) is 5.82 Å². The molecule has 100 valence electrons. The van der Waals surface area contributed by atoms with Gasteiger partial charge < -0.3 is 15.6 Å². The Morgan fingerprint density at radius 1 is 1.42 bits per heavy atom. The monoisotopic (exact) mass is 258 g/mol. The zero-order valence-corrected chi connectivity index (χ0v) is 10.9. The molecule has 3 N–H and O–H groups in total. The molecule has 5 nitrogen and oxygen atoms in total. The van der Waals surface area contributed by atoms with E-state index in [1.165, 1.54) is 0 Å². The SMILES string of the molecule is Cn1ccnc1CNC(=O)C(CN)c1ccccc1. The van der Waals surface area contributed by atoms with Gasteiger partial charge in [-0.2, -0.15) is 0 Å². The highest BCUT2D eigenvalue weighted by atomic mass is 16.1. The lowest BCUT2D eigenvalue weighted by Crippen LogP contribution is -2.33. The number of aryl methyl sites for hydroxylation is 1. The number of nitrogens with two attached hydrogens (primary N) is 1. The molecular weight excluding hydrogens is 240 g/mol. The number of imidazole rings is 1. The van der Waals surface area contributed by atoms with E-state index in [9.17, 15) is 4.79 Å². The van der Waals surface area contributed by atoms with Crippen LogP contribution < -0.4 is 11.1 Å². The lowest BCUT2D eigenvalue weighted by molar-refractivity contribution is -0.122. The van der Waals surface area contributed by atoms with Gasteiger partial charge in [-0.15, -0.1) is 0 Å². The second-order valence-electron chi connectivity index (χ2n) is 4.37. The van der Waals surface area contributed by atoms with Crippen LogP contribution in [0.15, 0.2) is 42.7 Å². The average Bonchev–Trinajstić information content (AvgIpc) is 2.84. The number of aromatic nitrogens is 2. The highest BCUT2D eigenvalue weighted by molar-refractivity contribution is 5.83. The Morgan fingerprint density at radius 3 is 2.74 bits per heavy atom. The molecule has 0 bridgehead atoms. The number of hydrogen-bond donors (Lipinski definition) is 2. The van der Waals surface area contributed by atoms with Crippen molar-refractivity contribution in [3.05, 3.63) is 54.1 Å². The molecule has 1 heterocycles. The number of carbonyl (C=O) groups excluding carboxylic acids is 1. The Kier molecular flexibility index (Phi) is 4.30. The van der Waals surface area contributed by atoms with Crippen molar-refractivity contribution in [2.75, 3.05) is 6.54 Å². The third-order valence-corrected chi connectivity index (χ3v) is 3.10. The maximum absolute atomic E-state index is 12.2. The van der Waals surface area contributed by atoms with Gasteiger partial charge in [-0.25, -0.2) is 4.98 Å². The summed E-state index contributed by atoms with van der Waals surface area (Å²) < 4.78 is 1.88. The molecule has 1 amide bonds. The molecule has 1 atom stereocenters. The third-order valence-electron chi connectivity index (χ3n) is 3.10. The van der Waals surface area contributed by atoms with Gasteiger partial charge in [0.2, 0.25) is 5.91 Å². The van der Waals surface area contributed by atoms with Crippen molar-refractivity contribution in [1.82, 2.24) is 14.9 Å². The molecular formula is C14H18N4O. The number of nitrogens with one attached hydrogen (secondary N) is 1. The van der Waals surface area contributed by atoms with Crippen molar-refractivity contribution >= 4 is 5.91 Å². The molecule has 0 aliphatic carbocycles. The Hall–Kier alpha value is -2.14. The topological polar surface area (TPSA) is 72.9 Å². The van der Waals surface area contributed by atoms with E-state index >= 15 is 0 Å². The molecule has 0 radical (unpaired) electrons. The van der Waals surface area contributed by atoms with Crippen LogP contribution in [0, 0.1) is 0 Å². The molecule has 0 aliphatic rings.